The monoisotopic (exact) mass is 173 g/mol. The van der Waals surface area contributed by atoms with Crippen LogP contribution in [-0.4, -0.2) is 12.5 Å². The highest BCUT2D eigenvalue weighted by Crippen LogP contribution is 2.24. The quantitative estimate of drug-likeness (QED) is 0.695. The summed E-state index contributed by atoms with van der Waals surface area (Å²) in [5, 5.41) is 0. The molecule has 0 saturated carbocycles. The molecule has 0 amide bonds. The predicted molar refractivity (Wildman–Crippen MR) is 40.7 cm³/mol. The summed E-state index contributed by atoms with van der Waals surface area (Å²) < 4.78 is 24.6. The molecule has 10 heavy (non-hydrogen) atoms. The van der Waals surface area contributed by atoms with Crippen LogP contribution < -0.4 is 5.73 Å². The largest absolute Gasteiger partial charge is 0.330 e. The fourth-order valence-corrected chi connectivity index (χ4v) is 0.732. The normalized spacial score (nSPS) is 14.1. The van der Waals surface area contributed by atoms with E-state index in [1.54, 1.807) is 6.92 Å². The maximum Gasteiger partial charge on any atom is 0.249 e. The zero-order chi connectivity index (χ0) is 7.49. The molecule has 2 N–H and O–H groups in total. The van der Waals surface area contributed by atoms with E-state index < -0.39 is 11.8 Å². The van der Waals surface area contributed by atoms with E-state index in [4.69, 9.17) is 5.73 Å². The Kier molecular flexibility index (Phi) is 6.19. The molecule has 0 aromatic rings. The van der Waals surface area contributed by atoms with Gasteiger partial charge in [0.25, 0.3) is 0 Å². The van der Waals surface area contributed by atoms with Crippen LogP contribution in [0, 0.1) is 5.92 Å². The van der Waals surface area contributed by atoms with Gasteiger partial charge in [-0.1, -0.05) is 6.92 Å². The molecule has 0 heterocycles. The first kappa shape index (κ1) is 12.8. The van der Waals surface area contributed by atoms with Gasteiger partial charge in [-0.3, -0.25) is 0 Å². The summed E-state index contributed by atoms with van der Waals surface area (Å²) in [5.74, 6) is -3.26. The molecule has 0 aliphatic heterocycles. The minimum Gasteiger partial charge on any atom is -0.330 e. The van der Waals surface area contributed by atoms with Crippen LogP contribution >= 0.6 is 12.4 Å². The number of halogens is 3. The number of hydrogen-bond acceptors (Lipinski definition) is 1. The Morgan fingerprint density at radius 1 is 1.50 bits per heavy atom. The van der Waals surface area contributed by atoms with Gasteiger partial charge in [0, 0.05) is 12.5 Å². The van der Waals surface area contributed by atoms with E-state index in [9.17, 15) is 8.78 Å². The van der Waals surface area contributed by atoms with Crippen molar-refractivity contribution in [1.82, 2.24) is 0 Å². The van der Waals surface area contributed by atoms with Gasteiger partial charge in [0.05, 0.1) is 0 Å². The van der Waals surface area contributed by atoms with Gasteiger partial charge in [-0.25, -0.2) is 8.78 Å². The molecule has 0 aromatic carbocycles. The lowest BCUT2D eigenvalue weighted by molar-refractivity contribution is -0.0371. The number of nitrogens with two attached hydrogens (primary N) is 1. The average molecular weight is 174 g/mol. The zero-order valence-corrected chi connectivity index (χ0v) is 7.05. The highest BCUT2D eigenvalue weighted by Gasteiger charge is 2.30. The molecule has 0 aliphatic carbocycles. The first-order valence-corrected chi connectivity index (χ1v) is 3.10. The molecule has 1 unspecified atom stereocenters. The van der Waals surface area contributed by atoms with E-state index in [0.29, 0.717) is 6.42 Å². The Labute approximate surface area is 66.4 Å². The third kappa shape index (κ3) is 4.01. The van der Waals surface area contributed by atoms with Gasteiger partial charge in [-0.2, -0.15) is 0 Å². The van der Waals surface area contributed by atoms with Crippen molar-refractivity contribution in [2.24, 2.45) is 11.7 Å². The summed E-state index contributed by atoms with van der Waals surface area (Å²) in [6.45, 7) is 2.70. The van der Waals surface area contributed by atoms with E-state index in [0.717, 1.165) is 6.92 Å². The fraction of sp³-hybridized carbons (Fsp3) is 1.00. The van der Waals surface area contributed by atoms with Crippen LogP contribution in [0.15, 0.2) is 0 Å². The first-order chi connectivity index (χ1) is 4.02. The van der Waals surface area contributed by atoms with Crippen LogP contribution in [0.25, 0.3) is 0 Å². The van der Waals surface area contributed by atoms with Gasteiger partial charge in [0.2, 0.25) is 5.92 Å². The lowest BCUT2D eigenvalue weighted by Gasteiger charge is -2.19. The van der Waals surface area contributed by atoms with Gasteiger partial charge in [-0.05, 0) is 13.3 Å². The highest BCUT2D eigenvalue weighted by molar-refractivity contribution is 5.85. The van der Waals surface area contributed by atoms with Crippen molar-refractivity contribution in [1.29, 1.82) is 0 Å². The molecular weight excluding hydrogens is 160 g/mol. The molecule has 1 nitrogen and oxygen atoms in total. The second-order valence-corrected chi connectivity index (χ2v) is 2.30. The van der Waals surface area contributed by atoms with Crippen LogP contribution in [0.5, 0.6) is 0 Å². The van der Waals surface area contributed by atoms with E-state index in [-0.39, 0.29) is 19.0 Å². The van der Waals surface area contributed by atoms with Crippen molar-refractivity contribution in [3.05, 3.63) is 0 Å². The second-order valence-electron chi connectivity index (χ2n) is 2.30. The van der Waals surface area contributed by atoms with E-state index in [2.05, 4.69) is 0 Å². The molecule has 0 saturated heterocycles. The molecule has 0 radical (unpaired) electrons. The second kappa shape index (κ2) is 4.85. The first-order valence-electron chi connectivity index (χ1n) is 3.10. The Morgan fingerprint density at radius 3 is 1.90 bits per heavy atom. The molecule has 64 valence electrons. The third-order valence-corrected chi connectivity index (χ3v) is 1.49. The molecule has 1 atom stereocenters. The van der Waals surface area contributed by atoms with Crippen LogP contribution in [-0.2, 0) is 0 Å². The van der Waals surface area contributed by atoms with Gasteiger partial charge in [0.1, 0.15) is 0 Å². The minimum atomic E-state index is -2.61. The predicted octanol–water partition coefficient (Wildman–Crippen LogP) is 2.05. The summed E-state index contributed by atoms with van der Waals surface area (Å²) in [6, 6.07) is 0. The summed E-state index contributed by atoms with van der Waals surface area (Å²) in [6.07, 6.45) is 0.444. The molecule has 4 heteroatoms. The average Bonchev–Trinajstić information content (AvgIpc) is 1.65. The van der Waals surface area contributed by atoms with Crippen LogP contribution in [0.2, 0.25) is 0 Å². The Morgan fingerprint density at radius 2 is 1.90 bits per heavy atom. The number of alkyl halides is 2. The van der Waals surface area contributed by atoms with Crippen molar-refractivity contribution in [2.45, 2.75) is 26.2 Å². The Hall–Kier alpha value is 0.110. The van der Waals surface area contributed by atoms with Crippen molar-refractivity contribution in [2.75, 3.05) is 6.54 Å². The summed E-state index contributed by atoms with van der Waals surface area (Å²) in [4.78, 5) is 0. The van der Waals surface area contributed by atoms with Crippen molar-refractivity contribution in [3.8, 4) is 0 Å². The molecule has 0 rings (SSSR count). The summed E-state index contributed by atoms with van der Waals surface area (Å²) in [5.41, 5.74) is 5.09. The fourth-order valence-electron chi connectivity index (χ4n) is 0.732. The van der Waals surface area contributed by atoms with Gasteiger partial charge in [0.15, 0.2) is 0 Å². The van der Waals surface area contributed by atoms with Crippen molar-refractivity contribution < 1.29 is 8.78 Å². The third-order valence-electron chi connectivity index (χ3n) is 1.49. The maximum absolute atomic E-state index is 12.3. The lowest BCUT2D eigenvalue weighted by Crippen LogP contribution is -2.30. The summed E-state index contributed by atoms with van der Waals surface area (Å²) >= 11 is 0. The van der Waals surface area contributed by atoms with Gasteiger partial charge >= 0.3 is 0 Å². The Balaban J connectivity index is 0. The SMILES string of the molecule is CCC(CN)C(C)(F)F.Cl. The Bertz CT molecular complexity index is 78.3. The van der Waals surface area contributed by atoms with E-state index in [1.807, 2.05) is 0 Å². The van der Waals surface area contributed by atoms with E-state index in [1.165, 1.54) is 0 Å². The van der Waals surface area contributed by atoms with Gasteiger partial charge < -0.3 is 5.73 Å². The minimum absolute atomic E-state index is 0. The van der Waals surface area contributed by atoms with Crippen LogP contribution in [0.3, 0.4) is 0 Å². The number of hydrogen-bond donors (Lipinski definition) is 1. The molecule has 0 aromatic heterocycles. The van der Waals surface area contributed by atoms with Crippen LogP contribution in [0.1, 0.15) is 20.3 Å². The molecule has 0 aliphatic rings. The molecule has 0 spiro atoms. The summed E-state index contributed by atoms with van der Waals surface area (Å²) in [7, 11) is 0. The highest BCUT2D eigenvalue weighted by atomic mass is 35.5. The zero-order valence-electron chi connectivity index (χ0n) is 6.23. The topological polar surface area (TPSA) is 26.0 Å². The van der Waals surface area contributed by atoms with E-state index >= 15 is 0 Å². The molecule has 0 bridgehead atoms. The van der Waals surface area contributed by atoms with Crippen molar-refractivity contribution >= 4 is 12.4 Å². The maximum atomic E-state index is 12.3. The number of rotatable bonds is 3. The lowest BCUT2D eigenvalue weighted by atomic mass is 10.0. The standard InChI is InChI=1S/C6H13F2N.ClH/c1-3-5(4-9)6(2,7)8;/h5H,3-4,9H2,1-2H3;1H. The molecule has 0 fully saturated rings. The van der Waals surface area contributed by atoms with Crippen molar-refractivity contribution in [3.63, 3.8) is 0 Å². The smallest absolute Gasteiger partial charge is 0.249 e. The van der Waals surface area contributed by atoms with Gasteiger partial charge in [-0.15, -0.1) is 12.4 Å². The molecular formula is C6H14ClF2N. The van der Waals surface area contributed by atoms with Crippen LogP contribution in [0.4, 0.5) is 8.78 Å².